The van der Waals surface area contributed by atoms with Gasteiger partial charge in [-0.2, -0.15) is 0 Å². The lowest BCUT2D eigenvalue weighted by Crippen LogP contribution is -2.40. The van der Waals surface area contributed by atoms with Gasteiger partial charge in [-0.3, -0.25) is 0 Å². The first kappa shape index (κ1) is 10.0. The highest BCUT2D eigenvalue weighted by atomic mass is 16.5. The fraction of sp³-hybridized carbons (Fsp3) is 1.00. The van der Waals surface area contributed by atoms with Gasteiger partial charge in [-0.15, -0.1) is 0 Å². The Labute approximate surface area is 75.7 Å². The minimum absolute atomic E-state index is 0.494. The van der Waals surface area contributed by atoms with Crippen LogP contribution in [0.15, 0.2) is 0 Å². The molecule has 1 rings (SSSR count). The molecule has 1 fully saturated rings. The zero-order valence-electron chi connectivity index (χ0n) is 8.47. The zero-order chi connectivity index (χ0) is 8.97. The third-order valence-electron chi connectivity index (χ3n) is 2.35. The maximum atomic E-state index is 5.82. The quantitative estimate of drug-likeness (QED) is 0.697. The average Bonchev–Trinajstić information content (AvgIpc) is 2.03. The second kappa shape index (κ2) is 4.83. The maximum absolute atomic E-state index is 5.82. The molecule has 1 aliphatic rings. The van der Waals surface area contributed by atoms with Crippen LogP contribution in [0.1, 0.15) is 27.2 Å². The minimum atomic E-state index is 0.494. The molecule has 0 saturated carbocycles. The summed E-state index contributed by atoms with van der Waals surface area (Å²) in [7, 11) is 0. The Morgan fingerprint density at radius 2 is 2.25 bits per heavy atom. The molecular formula is C10H21NO. The van der Waals surface area contributed by atoms with Crippen molar-refractivity contribution in [3.63, 3.8) is 0 Å². The predicted octanol–water partition coefficient (Wildman–Crippen LogP) is 1.66. The van der Waals surface area contributed by atoms with E-state index in [0.29, 0.717) is 17.9 Å². The Balaban J connectivity index is 2.20. The SMILES string of the molecule is CC(C)COC1CCNCC1C. The third-order valence-corrected chi connectivity index (χ3v) is 2.35. The van der Waals surface area contributed by atoms with Crippen molar-refractivity contribution < 1.29 is 4.74 Å². The third kappa shape index (κ3) is 3.11. The van der Waals surface area contributed by atoms with Crippen LogP contribution in [0.4, 0.5) is 0 Å². The molecule has 0 amide bonds. The summed E-state index contributed by atoms with van der Waals surface area (Å²) in [6.45, 7) is 9.81. The van der Waals surface area contributed by atoms with E-state index < -0.39 is 0 Å². The van der Waals surface area contributed by atoms with E-state index in [0.717, 1.165) is 19.7 Å². The summed E-state index contributed by atoms with van der Waals surface area (Å²) in [6.07, 6.45) is 1.67. The van der Waals surface area contributed by atoms with Gasteiger partial charge in [0.05, 0.1) is 6.10 Å². The van der Waals surface area contributed by atoms with Crippen molar-refractivity contribution in [2.45, 2.75) is 33.3 Å². The summed E-state index contributed by atoms with van der Waals surface area (Å²) in [6, 6.07) is 0. The van der Waals surface area contributed by atoms with Crippen LogP contribution in [0, 0.1) is 11.8 Å². The van der Waals surface area contributed by atoms with Crippen molar-refractivity contribution >= 4 is 0 Å². The first-order chi connectivity index (χ1) is 5.70. The van der Waals surface area contributed by atoms with Gasteiger partial charge in [0.25, 0.3) is 0 Å². The number of rotatable bonds is 3. The first-order valence-electron chi connectivity index (χ1n) is 5.02. The monoisotopic (exact) mass is 171 g/mol. The topological polar surface area (TPSA) is 21.3 Å². The van der Waals surface area contributed by atoms with Crippen LogP contribution < -0.4 is 5.32 Å². The van der Waals surface area contributed by atoms with Crippen LogP contribution in [-0.4, -0.2) is 25.8 Å². The van der Waals surface area contributed by atoms with Crippen LogP contribution in [-0.2, 0) is 4.74 Å². The van der Waals surface area contributed by atoms with Gasteiger partial charge in [-0.1, -0.05) is 20.8 Å². The highest BCUT2D eigenvalue weighted by Gasteiger charge is 2.21. The van der Waals surface area contributed by atoms with E-state index in [2.05, 4.69) is 26.1 Å². The standard InChI is InChI=1S/C10H21NO/c1-8(2)7-12-10-4-5-11-6-9(10)3/h8-11H,4-7H2,1-3H3. The lowest BCUT2D eigenvalue weighted by Gasteiger charge is -2.30. The fourth-order valence-electron chi connectivity index (χ4n) is 1.55. The molecule has 0 aromatic carbocycles. The molecule has 1 N–H and O–H groups in total. The van der Waals surface area contributed by atoms with Crippen molar-refractivity contribution in [2.75, 3.05) is 19.7 Å². The number of piperidine rings is 1. The second-order valence-corrected chi connectivity index (χ2v) is 4.24. The summed E-state index contributed by atoms with van der Waals surface area (Å²) in [4.78, 5) is 0. The fourth-order valence-corrected chi connectivity index (χ4v) is 1.55. The van der Waals surface area contributed by atoms with Gasteiger partial charge in [0.2, 0.25) is 0 Å². The van der Waals surface area contributed by atoms with E-state index in [9.17, 15) is 0 Å². The van der Waals surface area contributed by atoms with Gasteiger partial charge >= 0.3 is 0 Å². The van der Waals surface area contributed by atoms with Crippen LogP contribution in [0.2, 0.25) is 0 Å². The molecule has 2 unspecified atom stereocenters. The molecule has 0 bridgehead atoms. The van der Waals surface area contributed by atoms with Crippen molar-refractivity contribution in [1.29, 1.82) is 0 Å². The Bertz CT molecular complexity index is 125. The molecule has 72 valence electrons. The molecule has 2 atom stereocenters. The number of ether oxygens (including phenoxy) is 1. The highest BCUT2D eigenvalue weighted by Crippen LogP contribution is 2.15. The molecule has 0 radical (unpaired) electrons. The Hall–Kier alpha value is -0.0800. The molecule has 1 aliphatic heterocycles. The minimum Gasteiger partial charge on any atom is -0.378 e. The summed E-state index contributed by atoms with van der Waals surface area (Å²) >= 11 is 0. The molecular weight excluding hydrogens is 150 g/mol. The smallest absolute Gasteiger partial charge is 0.0625 e. The van der Waals surface area contributed by atoms with Crippen LogP contribution >= 0.6 is 0 Å². The normalized spacial score (nSPS) is 31.0. The number of hydrogen-bond donors (Lipinski definition) is 1. The Morgan fingerprint density at radius 1 is 1.50 bits per heavy atom. The van der Waals surface area contributed by atoms with E-state index in [4.69, 9.17) is 4.74 Å². The summed E-state index contributed by atoms with van der Waals surface area (Å²) < 4.78 is 5.82. The largest absolute Gasteiger partial charge is 0.378 e. The average molecular weight is 171 g/mol. The summed E-state index contributed by atoms with van der Waals surface area (Å²) in [5.41, 5.74) is 0. The molecule has 2 heteroatoms. The second-order valence-electron chi connectivity index (χ2n) is 4.24. The van der Waals surface area contributed by atoms with E-state index in [1.165, 1.54) is 6.42 Å². The molecule has 1 saturated heterocycles. The Kier molecular flexibility index (Phi) is 4.02. The van der Waals surface area contributed by atoms with E-state index in [1.807, 2.05) is 0 Å². The summed E-state index contributed by atoms with van der Waals surface area (Å²) in [5.74, 6) is 1.34. The maximum Gasteiger partial charge on any atom is 0.0625 e. The van der Waals surface area contributed by atoms with E-state index >= 15 is 0 Å². The van der Waals surface area contributed by atoms with Crippen molar-refractivity contribution in [3.05, 3.63) is 0 Å². The van der Waals surface area contributed by atoms with Gasteiger partial charge < -0.3 is 10.1 Å². The van der Waals surface area contributed by atoms with Gasteiger partial charge in [0.15, 0.2) is 0 Å². The molecule has 0 aromatic heterocycles. The summed E-state index contributed by atoms with van der Waals surface area (Å²) in [5, 5.41) is 3.37. The van der Waals surface area contributed by atoms with Crippen LogP contribution in [0.3, 0.4) is 0 Å². The Morgan fingerprint density at radius 3 is 2.83 bits per heavy atom. The molecule has 12 heavy (non-hydrogen) atoms. The number of nitrogens with one attached hydrogen (secondary N) is 1. The predicted molar refractivity (Wildman–Crippen MR) is 51.2 cm³/mol. The molecule has 0 spiro atoms. The van der Waals surface area contributed by atoms with E-state index in [1.54, 1.807) is 0 Å². The van der Waals surface area contributed by atoms with Gasteiger partial charge in [0, 0.05) is 13.2 Å². The molecule has 0 aromatic rings. The van der Waals surface area contributed by atoms with Crippen molar-refractivity contribution in [1.82, 2.24) is 5.32 Å². The lowest BCUT2D eigenvalue weighted by molar-refractivity contribution is -0.0116. The van der Waals surface area contributed by atoms with Crippen molar-refractivity contribution in [2.24, 2.45) is 11.8 Å². The molecule has 2 nitrogen and oxygen atoms in total. The lowest BCUT2D eigenvalue weighted by atomic mass is 9.98. The van der Waals surface area contributed by atoms with Crippen LogP contribution in [0.5, 0.6) is 0 Å². The van der Waals surface area contributed by atoms with Gasteiger partial charge in [-0.25, -0.2) is 0 Å². The van der Waals surface area contributed by atoms with Gasteiger partial charge in [-0.05, 0) is 24.8 Å². The zero-order valence-corrected chi connectivity index (χ0v) is 8.47. The van der Waals surface area contributed by atoms with Crippen LogP contribution in [0.25, 0.3) is 0 Å². The van der Waals surface area contributed by atoms with Gasteiger partial charge in [0.1, 0.15) is 0 Å². The van der Waals surface area contributed by atoms with E-state index in [-0.39, 0.29) is 0 Å². The number of hydrogen-bond acceptors (Lipinski definition) is 2. The molecule has 0 aliphatic carbocycles. The first-order valence-corrected chi connectivity index (χ1v) is 5.02. The van der Waals surface area contributed by atoms with Crippen molar-refractivity contribution in [3.8, 4) is 0 Å². The highest BCUT2D eigenvalue weighted by molar-refractivity contribution is 4.75. The molecule has 1 heterocycles.